The average molecular weight is 454 g/mol. The molecule has 2 aromatic rings. The van der Waals surface area contributed by atoms with Gasteiger partial charge in [0.15, 0.2) is 5.78 Å². The Morgan fingerprint density at radius 2 is 1.58 bits per heavy atom. The third kappa shape index (κ3) is 8.86. The Hall–Kier alpha value is -3.52. The Kier molecular flexibility index (Phi) is 9.75. The van der Waals surface area contributed by atoms with E-state index in [0.717, 1.165) is 5.56 Å². The Labute approximate surface area is 193 Å². The van der Waals surface area contributed by atoms with E-state index in [9.17, 15) is 19.2 Å². The number of benzene rings is 2. The molecular formula is C25H31N3O5. The summed E-state index contributed by atoms with van der Waals surface area (Å²) < 4.78 is 5.17. The Balaban J connectivity index is 1.92. The van der Waals surface area contributed by atoms with Crippen LogP contribution in [0.1, 0.15) is 49.5 Å². The summed E-state index contributed by atoms with van der Waals surface area (Å²) >= 11 is 0. The number of ketones is 1. The number of anilines is 1. The van der Waals surface area contributed by atoms with Crippen LogP contribution in [0.5, 0.6) is 0 Å². The molecule has 0 aromatic heterocycles. The van der Waals surface area contributed by atoms with Crippen molar-refractivity contribution in [2.45, 2.75) is 52.3 Å². The van der Waals surface area contributed by atoms with Gasteiger partial charge in [-0.3, -0.25) is 19.2 Å². The number of amides is 2. The number of esters is 1. The van der Waals surface area contributed by atoms with E-state index in [1.807, 2.05) is 44.2 Å². The standard InChI is InChI=1S/C25H31N3O5/c1-16(2)13-22(25(32)27-20-11-9-19(10-12-20)17(3)29)28-24(31)21(26)14-23(30)33-15-18-7-5-4-6-8-18/h4-12,16,21-22H,13-15,26H2,1-3H3,(H,27,32)(H,28,31)/t21-,22+/m1/s1. The number of Topliss-reactive ketones (excluding diaryl/α,β-unsaturated/α-hetero) is 1. The fraction of sp³-hybridized carbons (Fsp3) is 0.360. The largest absolute Gasteiger partial charge is 0.461 e. The molecule has 0 aliphatic rings. The van der Waals surface area contributed by atoms with Crippen LogP contribution in [0.3, 0.4) is 0 Å². The lowest BCUT2D eigenvalue weighted by atomic mass is 10.0. The molecule has 2 amide bonds. The summed E-state index contributed by atoms with van der Waals surface area (Å²) in [4.78, 5) is 48.8. The van der Waals surface area contributed by atoms with Crippen LogP contribution >= 0.6 is 0 Å². The van der Waals surface area contributed by atoms with Crippen LogP contribution in [-0.2, 0) is 25.7 Å². The molecule has 0 radical (unpaired) electrons. The molecule has 0 spiro atoms. The van der Waals surface area contributed by atoms with Gasteiger partial charge in [-0.05, 0) is 49.1 Å². The summed E-state index contributed by atoms with van der Waals surface area (Å²) in [6, 6.07) is 13.7. The number of hydrogen-bond donors (Lipinski definition) is 3. The third-order valence-corrected chi connectivity index (χ3v) is 4.87. The summed E-state index contributed by atoms with van der Waals surface area (Å²) in [5.74, 6) is -1.58. The summed E-state index contributed by atoms with van der Waals surface area (Å²) in [6.07, 6.45) is 0.0788. The second kappa shape index (κ2) is 12.5. The van der Waals surface area contributed by atoms with Crippen LogP contribution in [0, 0.1) is 5.92 Å². The van der Waals surface area contributed by atoms with Crippen molar-refractivity contribution in [3.8, 4) is 0 Å². The smallest absolute Gasteiger partial charge is 0.308 e. The molecule has 0 aliphatic carbocycles. The number of rotatable bonds is 11. The van der Waals surface area contributed by atoms with Gasteiger partial charge in [0, 0.05) is 11.3 Å². The minimum absolute atomic E-state index is 0.0749. The van der Waals surface area contributed by atoms with E-state index in [1.54, 1.807) is 24.3 Å². The zero-order chi connectivity index (χ0) is 24.4. The highest BCUT2D eigenvalue weighted by Crippen LogP contribution is 2.13. The highest BCUT2D eigenvalue weighted by Gasteiger charge is 2.26. The lowest BCUT2D eigenvalue weighted by Gasteiger charge is -2.22. The molecule has 33 heavy (non-hydrogen) atoms. The second-order valence-electron chi connectivity index (χ2n) is 8.27. The first-order valence-corrected chi connectivity index (χ1v) is 10.8. The van der Waals surface area contributed by atoms with Crippen molar-refractivity contribution >= 4 is 29.3 Å². The van der Waals surface area contributed by atoms with Gasteiger partial charge in [0.25, 0.3) is 0 Å². The number of nitrogens with two attached hydrogens (primary N) is 1. The van der Waals surface area contributed by atoms with Gasteiger partial charge in [-0.1, -0.05) is 44.2 Å². The van der Waals surface area contributed by atoms with Crippen LogP contribution in [0.2, 0.25) is 0 Å². The van der Waals surface area contributed by atoms with Crippen molar-refractivity contribution in [2.24, 2.45) is 11.7 Å². The lowest BCUT2D eigenvalue weighted by Crippen LogP contribution is -2.51. The maximum absolute atomic E-state index is 12.8. The van der Waals surface area contributed by atoms with Crippen LogP contribution < -0.4 is 16.4 Å². The molecule has 4 N–H and O–H groups in total. The average Bonchev–Trinajstić information content (AvgIpc) is 2.77. The van der Waals surface area contributed by atoms with Crippen LogP contribution in [0.25, 0.3) is 0 Å². The van der Waals surface area contributed by atoms with E-state index in [0.29, 0.717) is 17.7 Å². The second-order valence-corrected chi connectivity index (χ2v) is 8.27. The number of carbonyl (C=O) groups excluding carboxylic acids is 4. The first-order chi connectivity index (χ1) is 15.7. The Morgan fingerprint density at radius 1 is 0.939 bits per heavy atom. The molecule has 176 valence electrons. The van der Waals surface area contributed by atoms with E-state index in [1.165, 1.54) is 6.92 Å². The van der Waals surface area contributed by atoms with Crippen molar-refractivity contribution < 1.29 is 23.9 Å². The van der Waals surface area contributed by atoms with E-state index in [2.05, 4.69) is 10.6 Å². The molecule has 0 fully saturated rings. The first kappa shape index (κ1) is 25.7. The molecule has 0 aliphatic heterocycles. The van der Waals surface area contributed by atoms with Gasteiger partial charge in [-0.2, -0.15) is 0 Å². The quantitative estimate of drug-likeness (QED) is 0.355. The molecule has 0 saturated heterocycles. The highest BCUT2D eigenvalue weighted by molar-refractivity contribution is 5.99. The maximum Gasteiger partial charge on any atom is 0.308 e. The minimum atomic E-state index is -1.15. The predicted octanol–water partition coefficient (Wildman–Crippen LogP) is 2.82. The number of nitrogens with one attached hydrogen (secondary N) is 2. The molecule has 0 unspecified atom stereocenters. The van der Waals surface area contributed by atoms with Gasteiger partial charge in [0.2, 0.25) is 11.8 Å². The number of carbonyl (C=O) groups is 4. The topological polar surface area (TPSA) is 128 Å². The molecule has 2 aromatic carbocycles. The molecule has 8 nitrogen and oxygen atoms in total. The van der Waals surface area contributed by atoms with Crippen molar-refractivity contribution in [3.63, 3.8) is 0 Å². The van der Waals surface area contributed by atoms with Gasteiger partial charge in [0.1, 0.15) is 12.6 Å². The SMILES string of the molecule is CC(=O)c1ccc(NC(=O)[C@H](CC(C)C)NC(=O)[C@H](N)CC(=O)OCc2ccccc2)cc1. The summed E-state index contributed by atoms with van der Waals surface area (Å²) in [5, 5.41) is 5.38. The summed E-state index contributed by atoms with van der Waals surface area (Å²) in [7, 11) is 0. The predicted molar refractivity (Wildman–Crippen MR) is 125 cm³/mol. The summed E-state index contributed by atoms with van der Waals surface area (Å²) in [6.45, 7) is 5.40. The van der Waals surface area contributed by atoms with Crippen molar-refractivity contribution in [2.75, 3.05) is 5.32 Å². The van der Waals surface area contributed by atoms with Crippen LogP contribution in [0.4, 0.5) is 5.69 Å². The number of hydrogen-bond acceptors (Lipinski definition) is 6. The molecule has 2 atom stereocenters. The van der Waals surface area contributed by atoms with E-state index in [-0.39, 0.29) is 24.7 Å². The van der Waals surface area contributed by atoms with E-state index >= 15 is 0 Å². The molecule has 8 heteroatoms. The summed E-state index contributed by atoms with van der Waals surface area (Å²) in [5.41, 5.74) is 7.75. The zero-order valence-corrected chi connectivity index (χ0v) is 19.2. The van der Waals surface area contributed by atoms with E-state index in [4.69, 9.17) is 10.5 Å². The monoisotopic (exact) mass is 453 g/mol. The first-order valence-electron chi connectivity index (χ1n) is 10.8. The zero-order valence-electron chi connectivity index (χ0n) is 19.2. The van der Waals surface area contributed by atoms with Gasteiger partial charge in [-0.15, -0.1) is 0 Å². The van der Waals surface area contributed by atoms with Crippen molar-refractivity contribution in [1.82, 2.24) is 5.32 Å². The lowest BCUT2D eigenvalue weighted by molar-refractivity contribution is -0.146. The fourth-order valence-corrected chi connectivity index (χ4v) is 3.07. The molecule has 0 saturated carbocycles. The minimum Gasteiger partial charge on any atom is -0.461 e. The van der Waals surface area contributed by atoms with E-state index < -0.39 is 29.9 Å². The van der Waals surface area contributed by atoms with Crippen molar-refractivity contribution in [3.05, 3.63) is 65.7 Å². The van der Waals surface area contributed by atoms with Gasteiger partial charge in [-0.25, -0.2) is 0 Å². The van der Waals surface area contributed by atoms with Gasteiger partial charge in [0.05, 0.1) is 12.5 Å². The fourth-order valence-electron chi connectivity index (χ4n) is 3.07. The third-order valence-electron chi connectivity index (χ3n) is 4.87. The normalized spacial score (nSPS) is 12.5. The van der Waals surface area contributed by atoms with Crippen LogP contribution in [0.15, 0.2) is 54.6 Å². The van der Waals surface area contributed by atoms with Gasteiger partial charge < -0.3 is 21.1 Å². The molecule has 0 heterocycles. The van der Waals surface area contributed by atoms with Crippen LogP contribution in [-0.4, -0.2) is 35.7 Å². The Morgan fingerprint density at radius 3 is 2.15 bits per heavy atom. The van der Waals surface area contributed by atoms with Crippen molar-refractivity contribution in [1.29, 1.82) is 0 Å². The number of ether oxygens (including phenoxy) is 1. The molecule has 2 rings (SSSR count). The highest BCUT2D eigenvalue weighted by atomic mass is 16.5. The maximum atomic E-state index is 12.8. The van der Waals surface area contributed by atoms with Gasteiger partial charge >= 0.3 is 5.97 Å². The molecular weight excluding hydrogens is 422 g/mol. The molecule has 0 bridgehead atoms. The Bertz CT molecular complexity index is 958.